The van der Waals surface area contributed by atoms with E-state index in [-0.39, 0.29) is 5.91 Å². The van der Waals surface area contributed by atoms with E-state index in [2.05, 4.69) is 5.32 Å². The lowest BCUT2D eigenvalue weighted by Crippen LogP contribution is -2.05. The Morgan fingerprint density at radius 1 is 0.810 bits per heavy atom. The minimum atomic E-state index is -0.0767. The van der Waals surface area contributed by atoms with E-state index in [0.29, 0.717) is 0 Å². The first-order valence-corrected chi connectivity index (χ1v) is 6.76. The summed E-state index contributed by atoms with van der Waals surface area (Å²) in [4.78, 5) is 11.0. The number of carbonyl (C=O) groups excluding carboxylic acids is 1. The van der Waals surface area contributed by atoms with Gasteiger partial charge in [0.15, 0.2) is 0 Å². The number of furan rings is 1. The summed E-state index contributed by atoms with van der Waals surface area (Å²) < 4.78 is 5.89. The van der Waals surface area contributed by atoms with Crippen molar-refractivity contribution in [3.8, 4) is 22.6 Å². The highest BCUT2D eigenvalue weighted by Gasteiger charge is 2.06. The lowest BCUT2D eigenvalue weighted by atomic mass is 10.1. The average molecular weight is 277 g/mol. The van der Waals surface area contributed by atoms with Crippen molar-refractivity contribution in [1.29, 1.82) is 0 Å². The maximum absolute atomic E-state index is 11.0. The monoisotopic (exact) mass is 277 g/mol. The summed E-state index contributed by atoms with van der Waals surface area (Å²) in [6.45, 7) is 1.49. The van der Waals surface area contributed by atoms with Crippen LogP contribution >= 0.6 is 0 Å². The Morgan fingerprint density at radius 2 is 1.38 bits per heavy atom. The van der Waals surface area contributed by atoms with Crippen LogP contribution in [0.15, 0.2) is 71.1 Å². The highest BCUT2D eigenvalue weighted by atomic mass is 16.3. The molecule has 2 aromatic carbocycles. The molecule has 0 bridgehead atoms. The predicted molar refractivity (Wildman–Crippen MR) is 83.9 cm³/mol. The van der Waals surface area contributed by atoms with E-state index >= 15 is 0 Å². The fraction of sp³-hybridized carbons (Fsp3) is 0.0556. The lowest BCUT2D eigenvalue weighted by Gasteiger charge is -2.03. The van der Waals surface area contributed by atoms with Gasteiger partial charge < -0.3 is 9.73 Å². The van der Waals surface area contributed by atoms with Gasteiger partial charge in [0.1, 0.15) is 11.5 Å². The number of benzene rings is 2. The van der Waals surface area contributed by atoms with Gasteiger partial charge in [-0.1, -0.05) is 30.3 Å². The van der Waals surface area contributed by atoms with Crippen molar-refractivity contribution in [3.63, 3.8) is 0 Å². The number of hydrogen-bond acceptors (Lipinski definition) is 2. The number of anilines is 1. The molecule has 1 N–H and O–H groups in total. The molecular formula is C18H15NO2. The molecule has 0 fully saturated rings. The molecule has 0 spiro atoms. The molecule has 21 heavy (non-hydrogen) atoms. The molecule has 1 amide bonds. The third kappa shape index (κ3) is 3.03. The lowest BCUT2D eigenvalue weighted by molar-refractivity contribution is -0.114. The van der Waals surface area contributed by atoms with Crippen LogP contribution in [0.25, 0.3) is 22.6 Å². The van der Waals surface area contributed by atoms with Gasteiger partial charge in [-0.2, -0.15) is 0 Å². The topological polar surface area (TPSA) is 42.2 Å². The number of nitrogens with one attached hydrogen (secondary N) is 1. The Hall–Kier alpha value is -2.81. The highest BCUT2D eigenvalue weighted by Crippen LogP contribution is 2.28. The normalized spacial score (nSPS) is 10.3. The van der Waals surface area contributed by atoms with Gasteiger partial charge in [0.2, 0.25) is 5.91 Å². The molecule has 3 nitrogen and oxygen atoms in total. The van der Waals surface area contributed by atoms with Crippen LogP contribution in [0.2, 0.25) is 0 Å². The second kappa shape index (κ2) is 5.67. The Morgan fingerprint density at radius 3 is 1.95 bits per heavy atom. The molecule has 0 aliphatic rings. The second-order valence-electron chi connectivity index (χ2n) is 4.79. The van der Waals surface area contributed by atoms with Gasteiger partial charge in [0.25, 0.3) is 0 Å². The van der Waals surface area contributed by atoms with Crippen molar-refractivity contribution in [2.75, 3.05) is 5.32 Å². The van der Waals surface area contributed by atoms with Crippen molar-refractivity contribution in [2.24, 2.45) is 0 Å². The summed E-state index contributed by atoms with van der Waals surface area (Å²) >= 11 is 0. The van der Waals surface area contributed by atoms with Gasteiger partial charge in [0, 0.05) is 23.7 Å². The molecule has 3 rings (SSSR count). The zero-order valence-electron chi connectivity index (χ0n) is 11.7. The van der Waals surface area contributed by atoms with Crippen LogP contribution in [-0.2, 0) is 4.79 Å². The largest absolute Gasteiger partial charge is 0.456 e. The molecule has 0 saturated heterocycles. The van der Waals surface area contributed by atoms with Crippen molar-refractivity contribution >= 4 is 11.6 Å². The van der Waals surface area contributed by atoms with E-state index in [1.165, 1.54) is 6.92 Å². The number of rotatable bonds is 3. The molecule has 3 heteroatoms. The smallest absolute Gasteiger partial charge is 0.221 e. The molecule has 1 heterocycles. The Labute approximate surface area is 123 Å². The first-order chi connectivity index (χ1) is 10.2. The number of carbonyl (C=O) groups is 1. The maximum Gasteiger partial charge on any atom is 0.221 e. The van der Waals surface area contributed by atoms with Gasteiger partial charge >= 0.3 is 0 Å². The molecule has 0 saturated carbocycles. The van der Waals surface area contributed by atoms with Crippen LogP contribution in [-0.4, -0.2) is 5.91 Å². The zero-order valence-corrected chi connectivity index (χ0v) is 11.7. The summed E-state index contributed by atoms with van der Waals surface area (Å²) in [5.74, 6) is 1.58. The molecule has 0 aliphatic heterocycles. The molecule has 0 radical (unpaired) electrons. The van der Waals surface area contributed by atoms with Crippen LogP contribution in [0.3, 0.4) is 0 Å². The van der Waals surface area contributed by atoms with Crippen LogP contribution in [0, 0.1) is 0 Å². The Bertz CT molecular complexity index is 742. The van der Waals surface area contributed by atoms with Crippen molar-refractivity contribution < 1.29 is 9.21 Å². The summed E-state index contributed by atoms with van der Waals surface area (Å²) in [5, 5.41) is 2.74. The first kappa shape index (κ1) is 13.2. The molecule has 0 aliphatic carbocycles. The summed E-state index contributed by atoms with van der Waals surface area (Å²) in [6.07, 6.45) is 0. The Balaban J connectivity index is 1.85. The molecule has 0 unspecified atom stereocenters. The van der Waals surface area contributed by atoms with E-state index in [1.54, 1.807) is 0 Å². The molecule has 3 aromatic rings. The molecule has 0 atom stereocenters. The number of amides is 1. The fourth-order valence-corrected chi connectivity index (χ4v) is 2.17. The SMILES string of the molecule is CC(=O)Nc1ccc(-c2ccc(-c3ccccc3)o2)cc1. The Kier molecular flexibility index (Phi) is 3.56. The van der Waals surface area contributed by atoms with Gasteiger partial charge in [-0.25, -0.2) is 0 Å². The van der Waals surface area contributed by atoms with Crippen LogP contribution in [0.4, 0.5) is 5.69 Å². The minimum absolute atomic E-state index is 0.0767. The van der Waals surface area contributed by atoms with E-state index in [0.717, 1.165) is 28.3 Å². The van der Waals surface area contributed by atoms with Crippen LogP contribution in [0.5, 0.6) is 0 Å². The predicted octanol–water partition coefficient (Wildman–Crippen LogP) is 4.57. The maximum atomic E-state index is 11.0. The van der Waals surface area contributed by atoms with Crippen LogP contribution in [0.1, 0.15) is 6.92 Å². The number of hydrogen-bond donors (Lipinski definition) is 1. The van der Waals surface area contributed by atoms with Gasteiger partial charge in [-0.05, 0) is 36.4 Å². The zero-order chi connectivity index (χ0) is 14.7. The van der Waals surface area contributed by atoms with E-state index in [4.69, 9.17) is 4.42 Å². The quantitative estimate of drug-likeness (QED) is 0.761. The first-order valence-electron chi connectivity index (χ1n) is 6.76. The summed E-state index contributed by atoms with van der Waals surface area (Å²) in [5.41, 5.74) is 2.81. The van der Waals surface area contributed by atoms with Gasteiger partial charge in [-0.15, -0.1) is 0 Å². The van der Waals surface area contributed by atoms with Crippen molar-refractivity contribution in [1.82, 2.24) is 0 Å². The van der Waals surface area contributed by atoms with Gasteiger partial charge in [-0.3, -0.25) is 4.79 Å². The van der Waals surface area contributed by atoms with E-state index in [1.807, 2.05) is 66.7 Å². The summed E-state index contributed by atoms with van der Waals surface area (Å²) in [6, 6.07) is 21.5. The third-order valence-electron chi connectivity index (χ3n) is 3.15. The molecule has 104 valence electrons. The van der Waals surface area contributed by atoms with Crippen LogP contribution < -0.4 is 5.32 Å². The van der Waals surface area contributed by atoms with E-state index in [9.17, 15) is 4.79 Å². The van der Waals surface area contributed by atoms with Crippen molar-refractivity contribution in [2.45, 2.75) is 6.92 Å². The molecule has 1 aromatic heterocycles. The molecular weight excluding hydrogens is 262 g/mol. The minimum Gasteiger partial charge on any atom is -0.456 e. The van der Waals surface area contributed by atoms with E-state index < -0.39 is 0 Å². The highest BCUT2D eigenvalue weighted by molar-refractivity contribution is 5.88. The third-order valence-corrected chi connectivity index (χ3v) is 3.15. The standard InChI is InChI=1S/C18H15NO2/c1-13(20)19-16-9-7-15(8-10-16)18-12-11-17(21-18)14-5-3-2-4-6-14/h2-12H,1H3,(H,19,20). The fourth-order valence-electron chi connectivity index (χ4n) is 2.17. The second-order valence-corrected chi connectivity index (χ2v) is 4.79. The average Bonchev–Trinajstić information content (AvgIpc) is 2.98. The van der Waals surface area contributed by atoms with Crippen molar-refractivity contribution in [3.05, 3.63) is 66.7 Å². The summed E-state index contributed by atoms with van der Waals surface area (Å²) in [7, 11) is 0. The van der Waals surface area contributed by atoms with Gasteiger partial charge in [0.05, 0.1) is 0 Å².